The van der Waals surface area contributed by atoms with Gasteiger partial charge in [0, 0.05) is 12.6 Å². The first-order valence-corrected chi connectivity index (χ1v) is 6.37. The van der Waals surface area contributed by atoms with Crippen molar-refractivity contribution in [3.05, 3.63) is 0 Å². The largest absolute Gasteiger partial charge is 0.396 e. The van der Waals surface area contributed by atoms with E-state index in [9.17, 15) is 4.79 Å². The summed E-state index contributed by atoms with van der Waals surface area (Å²) in [5.74, 6) is 0.0243. The average Bonchev–Trinajstić information content (AvgIpc) is 2.62. The third-order valence-corrected chi connectivity index (χ3v) is 3.35. The van der Waals surface area contributed by atoms with E-state index in [0.29, 0.717) is 13.0 Å². The fraction of sp³-hybridized carbons (Fsp3) is 0.923. The lowest BCUT2D eigenvalue weighted by Gasteiger charge is -2.31. The average molecular weight is 243 g/mol. The summed E-state index contributed by atoms with van der Waals surface area (Å²) in [6, 6.07) is 0.0101. The summed E-state index contributed by atoms with van der Waals surface area (Å²) in [4.78, 5) is 12.1. The smallest absolute Gasteiger partial charge is 0.225 e. The van der Waals surface area contributed by atoms with Crippen LogP contribution in [0.1, 0.15) is 40.5 Å². The fourth-order valence-corrected chi connectivity index (χ4v) is 2.14. The zero-order valence-electron chi connectivity index (χ0n) is 11.3. The van der Waals surface area contributed by atoms with Gasteiger partial charge in [-0.1, -0.05) is 20.8 Å². The van der Waals surface area contributed by atoms with Crippen LogP contribution in [0.4, 0.5) is 0 Å². The lowest BCUT2D eigenvalue weighted by atomic mass is 9.84. The Morgan fingerprint density at radius 2 is 2.18 bits per heavy atom. The molecule has 3 atom stereocenters. The van der Waals surface area contributed by atoms with Gasteiger partial charge in [-0.25, -0.2) is 0 Å². The molecule has 1 amide bonds. The predicted molar refractivity (Wildman–Crippen MR) is 66.6 cm³/mol. The molecule has 17 heavy (non-hydrogen) atoms. The predicted octanol–water partition coefficient (Wildman–Crippen LogP) is 1.32. The van der Waals surface area contributed by atoms with E-state index in [1.807, 2.05) is 6.92 Å². The van der Waals surface area contributed by atoms with Crippen molar-refractivity contribution < 1.29 is 14.6 Å². The number of rotatable bonds is 4. The third kappa shape index (κ3) is 4.28. The van der Waals surface area contributed by atoms with E-state index in [4.69, 9.17) is 9.84 Å². The lowest BCUT2D eigenvalue weighted by Crippen LogP contribution is -2.46. The molecule has 0 radical (unpaired) electrons. The molecule has 0 aliphatic carbocycles. The monoisotopic (exact) mass is 243 g/mol. The van der Waals surface area contributed by atoms with E-state index in [1.165, 1.54) is 0 Å². The van der Waals surface area contributed by atoms with Crippen molar-refractivity contribution in [3.8, 4) is 0 Å². The minimum absolute atomic E-state index is 0.0101. The van der Waals surface area contributed by atoms with Gasteiger partial charge in [0.25, 0.3) is 0 Å². The van der Waals surface area contributed by atoms with Gasteiger partial charge in [-0.05, 0) is 25.2 Å². The molecule has 3 unspecified atom stereocenters. The maximum atomic E-state index is 12.1. The molecule has 4 heteroatoms. The van der Waals surface area contributed by atoms with Crippen LogP contribution in [0.3, 0.4) is 0 Å². The highest BCUT2D eigenvalue weighted by Gasteiger charge is 2.32. The van der Waals surface area contributed by atoms with E-state index < -0.39 is 0 Å². The second-order valence-corrected chi connectivity index (χ2v) is 6.02. The molecule has 1 aliphatic heterocycles. The molecule has 0 aromatic rings. The molecule has 1 heterocycles. The summed E-state index contributed by atoms with van der Waals surface area (Å²) in [6.07, 6.45) is 1.57. The van der Waals surface area contributed by atoms with Crippen LogP contribution >= 0.6 is 0 Å². The van der Waals surface area contributed by atoms with Crippen LogP contribution in [0, 0.1) is 11.3 Å². The van der Waals surface area contributed by atoms with Crippen molar-refractivity contribution in [2.45, 2.75) is 52.7 Å². The minimum atomic E-state index is -0.0382. The topological polar surface area (TPSA) is 58.6 Å². The third-order valence-electron chi connectivity index (χ3n) is 3.35. The Kier molecular flexibility index (Phi) is 4.95. The van der Waals surface area contributed by atoms with Crippen molar-refractivity contribution in [1.29, 1.82) is 0 Å². The lowest BCUT2D eigenvalue weighted by molar-refractivity contribution is -0.126. The van der Waals surface area contributed by atoms with E-state index in [-0.39, 0.29) is 36.0 Å². The SMILES string of the molecule is CC1CC(C(=O)NC(CCO)C(C)(C)C)CO1. The fourth-order valence-electron chi connectivity index (χ4n) is 2.14. The van der Waals surface area contributed by atoms with Gasteiger partial charge in [0.2, 0.25) is 5.91 Å². The Bertz CT molecular complexity index is 260. The van der Waals surface area contributed by atoms with Gasteiger partial charge >= 0.3 is 0 Å². The van der Waals surface area contributed by atoms with Crippen molar-refractivity contribution >= 4 is 5.91 Å². The number of ether oxygens (including phenoxy) is 1. The molecule has 0 bridgehead atoms. The first kappa shape index (κ1) is 14.5. The van der Waals surface area contributed by atoms with Gasteiger partial charge in [0.05, 0.1) is 18.6 Å². The summed E-state index contributed by atoms with van der Waals surface area (Å²) < 4.78 is 5.40. The first-order chi connectivity index (χ1) is 7.84. The number of aliphatic hydroxyl groups excluding tert-OH is 1. The number of carbonyl (C=O) groups is 1. The van der Waals surface area contributed by atoms with Crippen LogP contribution in [-0.4, -0.2) is 36.4 Å². The number of nitrogens with one attached hydrogen (secondary N) is 1. The molecule has 0 aromatic carbocycles. The highest BCUT2D eigenvalue weighted by Crippen LogP contribution is 2.24. The summed E-state index contributed by atoms with van der Waals surface area (Å²) in [7, 11) is 0. The summed E-state index contributed by atoms with van der Waals surface area (Å²) in [6.45, 7) is 8.81. The maximum Gasteiger partial charge on any atom is 0.225 e. The number of carbonyl (C=O) groups excluding carboxylic acids is 1. The second kappa shape index (κ2) is 5.83. The minimum Gasteiger partial charge on any atom is -0.396 e. The quantitative estimate of drug-likeness (QED) is 0.783. The molecule has 1 fully saturated rings. The molecule has 1 rings (SSSR count). The molecule has 2 N–H and O–H groups in total. The molecule has 4 nitrogen and oxygen atoms in total. The molecule has 100 valence electrons. The van der Waals surface area contributed by atoms with Crippen LogP contribution in [0.15, 0.2) is 0 Å². The Morgan fingerprint density at radius 3 is 2.59 bits per heavy atom. The molecular weight excluding hydrogens is 218 g/mol. The number of hydrogen-bond acceptors (Lipinski definition) is 3. The Morgan fingerprint density at radius 1 is 1.53 bits per heavy atom. The Balaban J connectivity index is 2.52. The molecule has 0 spiro atoms. The van der Waals surface area contributed by atoms with E-state index in [0.717, 1.165) is 6.42 Å². The number of amides is 1. The normalized spacial score (nSPS) is 26.9. The van der Waals surface area contributed by atoms with Gasteiger partial charge < -0.3 is 15.2 Å². The molecule has 1 aliphatic rings. The van der Waals surface area contributed by atoms with Gasteiger partial charge in [0.15, 0.2) is 0 Å². The highest BCUT2D eigenvalue weighted by molar-refractivity contribution is 5.79. The van der Waals surface area contributed by atoms with Crippen LogP contribution in [-0.2, 0) is 9.53 Å². The van der Waals surface area contributed by atoms with Gasteiger partial charge in [0.1, 0.15) is 0 Å². The van der Waals surface area contributed by atoms with Crippen molar-refractivity contribution in [3.63, 3.8) is 0 Å². The number of aliphatic hydroxyl groups is 1. The summed E-state index contributed by atoms with van der Waals surface area (Å²) in [5.41, 5.74) is -0.0382. The van der Waals surface area contributed by atoms with Gasteiger partial charge in [-0.15, -0.1) is 0 Å². The van der Waals surface area contributed by atoms with Crippen LogP contribution in [0.5, 0.6) is 0 Å². The van der Waals surface area contributed by atoms with Crippen LogP contribution < -0.4 is 5.32 Å². The number of hydrogen-bond donors (Lipinski definition) is 2. The van der Waals surface area contributed by atoms with Gasteiger partial charge in [-0.3, -0.25) is 4.79 Å². The highest BCUT2D eigenvalue weighted by atomic mass is 16.5. The van der Waals surface area contributed by atoms with Crippen molar-refractivity contribution in [2.24, 2.45) is 11.3 Å². The standard InChI is InChI=1S/C13H25NO3/c1-9-7-10(8-17-9)12(16)14-11(5-6-15)13(2,3)4/h9-11,15H,5-8H2,1-4H3,(H,14,16). The van der Waals surface area contributed by atoms with E-state index >= 15 is 0 Å². The Hall–Kier alpha value is -0.610. The maximum absolute atomic E-state index is 12.1. The van der Waals surface area contributed by atoms with Gasteiger partial charge in [-0.2, -0.15) is 0 Å². The summed E-state index contributed by atoms with van der Waals surface area (Å²) >= 11 is 0. The molecular formula is C13H25NO3. The molecule has 0 saturated carbocycles. The molecule has 1 saturated heterocycles. The van der Waals surface area contributed by atoms with Crippen LogP contribution in [0.25, 0.3) is 0 Å². The van der Waals surface area contributed by atoms with Crippen LogP contribution in [0.2, 0.25) is 0 Å². The second-order valence-electron chi connectivity index (χ2n) is 6.02. The van der Waals surface area contributed by atoms with E-state index in [2.05, 4.69) is 26.1 Å². The van der Waals surface area contributed by atoms with E-state index in [1.54, 1.807) is 0 Å². The zero-order valence-corrected chi connectivity index (χ0v) is 11.3. The zero-order chi connectivity index (χ0) is 13.1. The summed E-state index contributed by atoms with van der Waals surface area (Å²) in [5, 5.41) is 12.1. The first-order valence-electron chi connectivity index (χ1n) is 6.37. The molecule has 0 aromatic heterocycles. The Labute approximate surface area is 104 Å². The van der Waals surface area contributed by atoms with Crippen molar-refractivity contribution in [2.75, 3.05) is 13.2 Å². The van der Waals surface area contributed by atoms with Crippen molar-refractivity contribution in [1.82, 2.24) is 5.32 Å².